The molecule has 0 atom stereocenters. The van der Waals surface area contributed by atoms with Gasteiger partial charge in [-0.05, 0) is 31.7 Å². The number of carboxylic acids is 1. The van der Waals surface area contributed by atoms with Crippen LogP contribution < -0.4 is 10.9 Å². The quantitative estimate of drug-likeness (QED) is 0.854. The van der Waals surface area contributed by atoms with Crippen LogP contribution in [0.25, 0.3) is 0 Å². The standard InChI is InChI=1S/C14H18N2O4/c1-16-11(3-2-4-12(16)17)13(18)15-10-7-5-9(6-8-10)14(19)20/h2-4,9-10H,5-8H2,1H3,(H,15,18)(H,19,20). The van der Waals surface area contributed by atoms with Gasteiger partial charge >= 0.3 is 5.97 Å². The molecule has 1 saturated carbocycles. The van der Waals surface area contributed by atoms with Gasteiger partial charge in [0.2, 0.25) is 0 Å². The Morgan fingerprint density at radius 2 is 1.90 bits per heavy atom. The van der Waals surface area contributed by atoms with Crippen molar-refractivity contribution in [1.82, 2.24) is 9.88 Å². The number of hydrogen-bond acceptors (Lipinski definition) is 3. The molecule has 0 unspecified atom stereocenters. The van der Waals surface area contributed by atoms with Gasteiger partial charge in [0.1, 0.15) is 5.69 Å². The van der Waals surface area contributed by atoms with Gasteiger partial charge in [-0.3, -0.25) is 14.4 Å². The molecule has 1 aromatic heterocycles. The first kappa shape index (κ1) is 14.3. The van der Waals surface area contributed by atoms with E-state index in [0.717, 1.165) is 0 Å². The Hall–Kier alpha value is -2.11. The van der Waals surface area contributed by atoms with Crippen LogP contribution in [0.2, 0.25) is 0 Å². The summed E-state index contributed by atoms with van der Waals surface area (Å²) in [6.07, 6.45) is 2.47. The summed E-state index contributed by atoms with van der Waals surface area (Å²) >= 11 is 0. The molecule has 2 N–H and O–H groups in total. The first-order valence-electron chi connectivity index (χ1n) is 6.68. The van der Waals surface area contributed by atoms with Crippen LogP contribution in [0.3, 0.4) is 0 Å². The topological polar surface area (TPSA) is 88.4 Å². The van der Waals surface area contributed by atoms with Crippen molar-refractivity contribution in [2.45, 2.75) is 31.7 Å². The lowest BCUT2D eigenvalue weighted by atomic mass is 9.86. The summed E-state index contributed by atoms with van der Waals surface area (Å²) in [6, 6.07) is 4.53. The fourth-order valence-corrected chi connectivity index (χ4v) is 2.54. The van der Waals surface area contributed by atoms with E-state index < -0.39 is 5.97 Å². The summed E-state index contributed by atoms with van der Waals surface area (Å²) in [4.78, 5) is 34.4. The molecule has 1 fully saturated rings. The van der Waals surface area contributed by atoms with Crippen molar-refractivity contribution >= 4 is 11.9 Å². The maximum Gasteiger partial charge on any atom is 0.306 e. The third kappa shape index (κ3) is 3.07. The third-order valence-electron chi connectivity index (χ3n) is 3.83. The minimum Gasteiger partial charge on any atom is -0.481 e. The smallest absolute Gasteiger partial charge is 0.306 e. The van der Waals surface area contributed by atoms with Crippen LogP contribution in [0.15, 0.2) is 23.0 Å². The molecule has 6 heteroatoms. The summed E-state index contributed by atoms with van der Waals surface area (Å²) < 4.78 is 1.30. The molecule has 1 aromatic rings. The molecule has 0 aromatic carbocycles. The van der Waals surface area contributed by atoms with Gasteiger partial charge in [-0.2, -0.15) is 0 Å². The number of rotatable bonds is 3. The van der Waals surface area contributed by atoms with Crippen LogP contribution in [-0.4, -0.2) is 27.6 Å². The second kappa shape index (κ2) is 5.90. The molecule has 1 amide bonds. The minimum atomic E-state index is -0.764. The maximum atomic E-state index is 12.1. The lowest BCUT2D eigenvalue weighted by Gasteiger charge is -2.27. The number of carbonyl (C=O) groups excluding carboxylic acids is 1. The van der Waals surface area contributed by atoms with Gasteiger partial charge in [-0.1, -0.05) is 6.07 Å². The van der Waals surface area contributed by atoms with Crippen LogP contribution in [0.5, 0.6) is 0 Å². The summed E-state index contributed by atoms with van der Waals surface area (Å²) in [5, 5.41) is 11.8. The van der Waals surface area contributed by atoms with E-state index in [1.165, 1.54) is 10.6 Å². The highest BCUT2D eigenvalue weighted by Gasteiger charge is 2.27. The zero-order valence-corrected chi connectivity index (χ0v) is 11.3. The summed E-state index contributed by atoms with van der Waals surface area (Å²) in [5.74, 6) is -1.35. The van der Waals surface area contributed by atoms with Crippen LogP contribution in [0, 0.1) is 5.92 Å². The Bertz CT molecular complexity index is 571. The Morgan fingerprint density at radius 3 is 2.50 bits per heavy atom. The van der Waals surface area contributed by atoms with Crippen molar-refractivity contribution in [2.24, 2.45) is 13.0 Å². The average Bonchev–Trinajstić information content (AvgIpc) is 2.42. The van der Waals surface area contributed by atoms with E-state index in [1.807, 2.05) is 0 Å². The number of carbonyl (C=O) groups is 2. The molecule has 20 heavy (non-hydrogen) atoms. The normalized spacial score (nSPS) is 22.2. The zero-order chi connectivity index (χ0) is 14.7. The van der Waals surface area contributed by atoms with Crippen LogP contribution >= 0.6 is 0 Å². The molecule has 0 radical (unpaired) electrons. The summed E-state index contributed by atoms with van der Waals surface area (Å²) in [6.45, 7) is 0. The Balaban J connectivity index is 1.98. The summed E-state index contributed by atoms with van der Waals surface area (Å²) in [5.41, 5.74) is 0.0880. The molecular weight excluding hydrogens is 260 g/mol. The van der Waals surface area contributed by atoms with E-state index >= 15 is 0 Å². The van der Waals surface area contributed by atoms with Crippen molar-refractivity contribution in [3.05, 3.63) is 34.2 Å². The van der Waals surface area contributed by atoms with Crippen LogP contribution in [-0.2, 0) is 11.8 Å². The Kier molecular flexibility index (Phi) is 4.22. The van der Waals surface area contributed by atoms with Crippen LogP contribution in [0.1, 0.15) is 36.2 Å². The molecule has 1 heterocycles. The number of aromatic nitrogens is 1. The lowest BCUT2D eigenvalue weighted by molar-refractivity contribution is -0.142. The van der Waals surface area contributed by atoms with Gasteiger partial charge in [0.15, 0.2) is 0 Å². The number of aliphatic carboxylic acids is 1. The molecule has 0 spiro atoms. The van der Waals surface area contributed by atoms with Gasteiger partial charge in [0, 0.05) is 19.2 Å². The minimum absolute atomic E-state index is 0.0200. The van der Waals surface area contributed by atoms with E-state index in [0.29, 0.717) is 31.4 Å². The molecule has 108 valence electrons. The van der Waals surface area contributed by atoms with Crippen molar-refractivity contribution in [2.75, 3.05) is 0 Å². The van der Waals surface area contributed by atoms with Gasteiger partial charge in [0.05, 0.1) is 5.92 Å². The van der Waals surface area contributed by atoms with Crippen molar-refractivity contribution in [1.29, 1.82) is 0 Å². The Morgan fingerprint density at radius 1 is 1.25 bits per heavy atom. The molecule has 0 saturated heterocycles. The highest BCUT2D eigenvalue weighted by atomic mass is 16.4. The number of carboxylic acid groups (broad SMARTS) is 1. The third-order valence-corrected chi connectivity index (χ3v) is 3.83. The van der Waals surface area contributed by atoms with Crippen molar-refractivity contribution in [3.8, 4) is 0 Å². The summed E-state index contributed by atoms with van der Waals surface area (Å²) in [7, 11) is 1.55. The van der Waals surface area contributed by atoms with Crippen molar-refractivity contribution < 1.29 is 14.7 Å². The van der Waals surface area contributed by atoms with Gasteiger partial charge < -0.3 is 15.0 Å². The highest BCUT2D eigenvalue weighted by molar-refractivity contribution is 5.92. The predicted molar refractivity (Wildman–Crippen MR) is 72.5 cm³/mol. The number of amides is 1. The largest absolute Gasteiger partial charge is 0.481 e. The van der Waals surface area contributed by atoms with Gasteiger partial charge in [0.25, 0.3) is 11.5 Å². The molecule has 0 aliphatic heterocycles. The number of nitrogens with one attached hydrogen (secondary N) is 1. The van der Waals surface area contributed by atoms with Gasteiger partial charge in [-0.25, -0.2) is 0 Å². The van der Waals surface area contributed by atoms with E-state index in [-0.39, 0.29) is 23.4 Å². The van der Waals surface area contributed by atoms with E-state index in [1.54, 1.807) is 19.2 Å². The zero-order valence-electron chi connectivity index (χ0n) is 11.3. The van der Waals surface area contributed by atoms with Gasteiger partial charge in [-0.15, -0.1) is 0 Å². The Labute approximate surface area is 116 Å². The molecule has 2 rings (SSSR count). The predicted octanol–water partition coefficient (Wildman–Crippen LogP) is 0.758. The second-order valence-electron chi connectivity index (χ2n) is 5.17. The fourth-order valence-electron chi connectivity index (χ4n) is 2.54. The molecule has 1 aliphatic carbocycles. The van der Waals surface area contributed by atoms with Crippen LogP contribution in [0.4, 0.5) is 0 Å². The van der Waals surface area contributed by atoms with E-state index in [2.05, 4.69) is 5.32 Å². The molecule has 0 bridgehead atoms. The molecule has 6 nitrogen and oxygen atoms in total. The monoisotopic (exact) mass is 278 g/mol. The number of pyridine rings is 1. The number of hydrogen-bond donors (Lipinski definition) is 2. The molecule has 1 aliphatic rings. The highest BCUT2D eigenvalue weighted by Crippen LogP contribution is 2.24. The fraction of sp³-hybridized carbons (Fsp3) is 0.500. The first-order valence-corrected chi connectivity index (χ1v) is 6.68. The lowest BCUT2D eigenvalue weighted by Crippen LogP contribution is -2.40. The number of nitrogens with zero attached hydrogens (tertiary/aromatic N) is 1. The SMILES string of the molecule is Cn1c(C(=O)NC2CCC(C(=O)O)CC2)cccc1=O. The molecular formula is C14H18N2O4. The second-order valence-corrected chi connectivity index (χ2v) is 5.17. The van der Waals surface area contributed by atoms with E-state index in [9.17, 15) is 14.4 Å². The van der Waals surface area contributed by atoms with Crippen molar-refractivity contribution in [3.63, 3.8) is 0 Å². The first-order chi connectivity index (χ1) is 9.49. The van der Waals surface area contributed by atoms with E-state index in [4.69, 9.17) is 5.11 Å². The maximum absolute atomic E-state index is 12.1. The average molecular weight is 278 g/mol.